The van der Waals surface area contributed by atoms with Crippen LogP contribution >= 0.6 is 11.8 Å². The second kappa shape index (κ2) is 7.09. The van der Waals surface area contributed by atoms with Crippen molar-refractivity contribution in [3.05, 3.63) is 20.8 Å². The van der Waals surface area contributed by atoms with E-state index in [1.165, 1.54) is 23.4 Å². The van der Waals surface area contributed by atoms with E-state index in [0.717, 1.165) is 0 Å². The van der Waals surface area contributed by atoms with E-state index in [0.29, 0.717) is 18.3 Å². The molecule has 2 heterocycles. The zero-order valence-corrected chi connectivity index (χ0v) is 13.1. The molecule has 0 radical (unpaired) electrons. The van der Waals surface area contributed by atoms with Gasteiger partial charge in [-0.25, -0.2) is 9.78 Å². The number of aromatic nitrogens is 4. The number of methoxy groups -OCH3 is 1. The molecule has 0 aliphatic heterocycles. The van der Waals surface area contributed by atoms with Crippen LogP contribution in [0.25, 0.3) is 11.2 Å². The lowest BCUT2D eigenvalue weighted by atomic mass is 10.4. The fraction of sp³-hybridized carbons (Fsp3) is 0.583. The van der Waals surface area contributed by atoms with Gasteiger partial charge in [0.25, 0.3) is 5.56 Å². The summed E-state index contributed by atoms with van der Waals surface area (Å²) in [6.07, 6.45) is -0.886. The number of H-pyrrole nitrogens is 1. The molecule has 1 atom stereocenters. The van der Waals surface area contributed by atoms with Gasteiger partial charge in [-0.2, -0.15) is 0 Å². The van der Waals surface area contributed by atoms with Crippen molar-refractivity contribution in [2.24, 2.45) is 7.05 Å². The lowest BCUT2D eigenvalue weighted by Crippen LogP contribution is -2.29. The molecule has 0 aliphatic rings. The van der Waals surface area contributed by atoms with Gasteiger partial charge in [0.15, 0.2) is 16.3 Å². The molecule has 0 saturated heterocycles. The summed E-state index contributed by atoms with van der Waals surface area (Å²) in [6.45, 7) is 0.389. The van der Waals surface area contributed by atoms with Crippen molar-refractivity contribution in [2.75, 3.05) is 26.1 Å². The lowest BCUT2D eigenvalue weighted by Gasteiger charge is -2.09. The summed E-state index contributed by atoms with van der Waals surface area (Å²) in [5.41, 5.74) is -0.511. The first kappa shape index (κ1) is 16.7. The van der Waals surface area contributed by atoms with Crippen molar-refractivity contribution in [3.8, 4) is 0 Å². The van der Waals surface area contributed by atoms with Crippen LogP contribution < -0.4 is 11.2 Å². The summed E-state index contributed by atoms with van der Waals surface area (Å²) in [6, 6.07) is 0. The maximum atomic E-state index is 12.1. The van der Waals surface area contributed by atoms with E-state index >= 15 is 0 Å². The summed E-state index contributed by atoms with van der Waals surface area (Å²) in [4.78, 5) is 30.3. The number of aryl methyl sites for hydroxylation is 1. The second-order valence-electron chi connectivity index (χ2n) is 4.68. The smallest absolute Gasteiger partial charge is 0.329 e. The molecule has 0 spiro atoms. The van der Waals surface area contributed by atoms with Crippen LogP contribution in [0.2, 0.25) is 0 Å². The first-order valence-corrected chi connectivity index (χ1v) is 7.58. The number of hydrogen-bond donors (Lipinski definition) is 3. The van der Waals surface area contributed by atoms with Crippen LogP contribution in [0.3, 0.4) is 0 Å². The topological polar surface area (TPSA) is 122 Å². The van der Waals surface area contributed by atoms with E-state index in [4.69, 9.17) is 9.84 Å². The molecule has 0 aliphatic carbocycles. The number of ether oxygens (including phenoxy) is 1. The molecule has 9 nitrogen and oxygen atoms in total. The molecular weight excluding hydrogens is 312 g/mol. The molecule has 0 saturated carbocycles. The number of fused-ring (bicyclic) bond motifs is 1. The van der Waals surface area contributed by atoms with Crippen LogP contribution in [-0.2, 0) is 18.3 Å². The van der Waals surface area contributed by atoms with Crippen LogP contribution in [-0.4, -0.2) is 61.5 Å². The largest absolute Gasteiger partial charge is 0.394 e. The number of aromatic amines is 1. The van der Waals surface area contributed by atoms with Crippen molar-refractivity contribution in [2.45, 2.75) is 17.8 Å². The van der Waals surface area contributed by atoms with Gasteiger partial charge in [-0.15, -0.1) is 0 Å². The lowest BCUT2D eigenvalue weighted by molar-refractivity contribution is 0.113. The van der Waals surface area contributed by atoms with Gasteiger partial charge in [-0.3, -0.25) is 14.3 Å². The van der Waals surface area contributed by atoms with Gasteiger partial charge in [0.1, 0.15) is 0 Å². The Labute approximate surface area is 129 Å². The Balaban J connectivity index is 2.54. The highest BCUT2D eigenvalue weighted by atomic mass is 32.2. The monoisotopic (exact) mass is 330 g/mol. The Morgan fingerprint density at radius 3 is 2.82 bits per heavy atom. The van der Waals surface area contributed by atoms with Crippen molar-refractivity contribution < 1.29 is 14.9 Å². The molecule has 22 heavy (non-hydrogen) atoms. The minimum absolute atomic E-state index is 0.221. The van der Waals surface area contributed by atoms with Gasteiger partial charge >= 0.3 is 5.69 Å². The van der Waals surface area contributed by atoms with Crippen molar-refractivity contribution in [1.29, 1.82) is 0 Å². The summed E-state index contributed by atoms with van der Waals surface area (Å²) >= 11 is 1.20. The average Bonchev–Trinajstić information content (AvgIpc) is 2.87. The highest BCUT2D eigenvalue weighted by molar-refractivity contribution is 7.99. The summed E-state index contributed by atoms with van der Waals surface area (Å²) < 4.78 is 7.93. The Kier molecular flexibility index (Phi) is 5.40. The zero-order chi connectivity index (χ0) is 16.3. The number of nitrogens with zero attached hydrogens (tertiary/aromatic N) is 3. The van der Waals surface area contributed by atoms with Gasteiger partial charge in [-0.1, -0.05) is 11.8 Å². The highest BCUT2D eigenvalue weighted by Crippen LogP contribution is 2.22. The molecule has 0 amide bonds. The molecule has 0 unspecified atom stereocenters. The van der Waals surface area contributed by atoms with Crippen LogP contribution in [0.1, 0.15) is 0 Å². The third kappa shape index (κ3) is 3.24. The minimum Gasteiger partial charge on any atom is -0.394 e. The normalized spacial score (nSPS) is 12.9. The Morgan fingerprint density at radius 1 is 1.45 bits per heavy atom. The number of hydrogen-bond acceptors (Lipinski definition) is 7. The van der Waals surface area contributed by atoms with E-state index in [1.54, 1.807) is 11.7 Å². The number of rotatable bonds is 7. The molecule has 0 bridgehead atoms. The summed E-state index contributed by atoms with van der Waals surface area (Å²) in [5, 5.41) is 18.8. The van der Waals surface area contributed by atoms with E-state index in [1.807, 2.05) is 0 Å². The van der Waals surface area contributed by atoms with Crippen LogP contribution in [0, 0.1) is 0 Å². The molecule has 122 valence electrons. The molecule has 3 N–H and O–H groups in total. The van der Waals surface area contributed by atoms with Gasteiger partial charge in [0.2, 0.25) is 0 Å². The van der Waals surface area contributed by atoms with E-state index in [-0.39, 0.29) is 23.5 Å². The Bertz CT molecular complexity index is 765. The first-order chi connectivity index (χ1) is 10.5. The quantitative estimate of drug-likeness (QED) is 0.529. The van der Waals surface area contributed by atoms with Crippen molar-refractivity contribution in [3.63, 3.8) is 0 Å². The molecule has 0 aromatic carbocycles. The number of aliphatic hydroxyl groups is 2. The molecule has 2 aromatic rings. The van der Waals surface area contributed by atoms with E-state index < -0.39 is 17.4 Å². The fourth-order valence-corrected chi connectivity index (χ4v) is 2.87. The number of aliphatic hydroxyl groups excluding tert-OH is 2. The second-order valence-corrected chi connectivity index (χ2v) is 5.66. The highest BCUT2D eigenvalue weighted by Gasteiger charge is 2.18. The third-order valence-corrected chi connectivity index (χ3v) is 4.23. The minimum atomic E-state index is -0.886. The van der Waals surface area contributed by atoms with Crippen LogP contribution in [0.5, 0.6) is 0 Å². The fourth-order valence-electron chi connectivity index (χ4n) is 1.94. The molecule has 2 rings (SSSR count). The Morgan fingerprint density at radius 2 is 2.18 bits per heavy atom. The zero-order valence-electron chi connectivity index (χ0n) is 12.3. The Hall–Kier alpha value is -1.62. The van der Waals surface area contributed by atoms with E-state index in [2.05, 4.69) is 9.97 Å². The van der Waals surface area contributed by atoms with E-state index in [9.17, 15) is 14.7 Å². The molecule has 10 heteroatoms. The number of imidazole rings is 1. The van der Waals surface area contributed by atoms with Crippen LogP contribution in [0.4, 0.5) is 0 Å². The van der Waals surface area contributed by atoms with Crippen LogP contribution in [0.15, 0.2) is 14.7 Å². The molecule has 2 aromatic heterocycles. The maximum absolute atomic E-state index is 12.1. The number of nitrogens with one attached hydrogen (secondary N) is 1. The molecule has 0 fully saturated rings. The van der Waals surface area contributed by atoms with Crippen molar-refractivity contribution in [1.82, 2.24) is 19.1 Å². The first-order valence-electron chi connectivity index (χ1n) is 6.59. The molecular formula is C12H18N4O5S. The summed E-state index contributed by atoms with van der Waals surface area (Å²) in [7, 11) is 3.06. The predicted molar refractivity (Wildman–Crippen MR) is 81.3 cm³/mol. The number of thioether (sulfide) groups is 1. The third-order valence-electron chi connectivity index (χ3n) is 3.11. The SMILES string of the molecule is COCCn1c(SC[C@@H](O)CO)nc2c1c(=O)[nH]c(=O)n2C. The maximum Gasteiger partial charge on any atom is 0.329 e. The predicted octanol–water partition coefficient (Wildman–Crippen LogP) is -1.48. The van der Waals surface area contributed by atoms with Crippen molar-refractivity contribution >= 4 is 22.9 Å². The standard InChI is InChI=1S/C12H18N4O5S/c1-15-9-8(10(19)14-11(15)20)16(3-4-21-2)12(13-9)22-6-7(18)5-17/h7,17-18H,3-6H2,1-2H3,(H,14,19,20)/t7-/m0/s1. The van der Waals surface area contributed by atoms with Gasteiger partial charge < -0.3 is 19.5 Å². The summed E-state index contributed by atoms with van der Waals surface area (Å²) in [5.74, 6) is 0.221. The average molecular weight is 330 g/mol. The van der Waals surface area contributed by atoms with Gasteiger partial charge in [0, 0.05) is 26.5 Å². The van der Waals surface area contributed by atoms with Gasteiger partial charge in [-0.05, 0) is 0 Å². The van der Waals surface area contributed by atoms with Gasteiger partial charge in [0.05, 0.1) is 19.3 Å².